The summed E-state index contributed by atoms with van der Waals surface area (Å²) in [7, 11) is 4.70. The molecule has 0 saturated heterocycles. The first-order valence-corrected chi connectivity index (χ1v) is 10.2. The molecule has 154 valence electrons. The van der Waals surface area contributed by atoms with E-state index in [0.717, 1.165) is 12.0 Å². The van der Waals surface area contributed by atoms with Crippen LogP contribution in [-0.4, -0.2) is 33.9 Å². The highest BCUT2D eigenvalue weighted by molar-refractivity contribution is 7.17. The summed E-state index contributed by atoms with van der Waals surface area (Å²) >= 11 is 1.73. The highest BCUT2D eigenvalue weighted by Gasteiger charge is 2.17. The van der Waals surface area contributed by atoms with Crippen LogP contribution in [0.2, 0.25) is 0 Å². The Labute approximate surface area is 174 Å². The van der Waals surface area contributed by atoms with Gasteiger partial charge in [-0.15, -0.1) is 11.3 Å². The summed E-state index contributed by atoms with van der Waals surface area (Å²) in [6.45, 7) is 2.47. The van der Waals surface area contributed by atoms with E-state index in [1.54, 1.807) is 32.7 Å². The molecule has 0 aliphatic rings. The van der Waals surface area contributed by atoms with Crippen molar-refractivity contribution in [1.29, 1.82) is 0 Å². The number of amides is 2. The molecule has 29 heavy (non-hydrogen) atoms. The van der Waals surface area contributed by atoms with E-state index >= 15 is 0 Å². The van der Waals surface area contributed by atoms with Crippen LogP contribution < -0.4 is 24.8 Å². The van der Waals surface area contributed by atoms with Crippen LogP contribution >= 0.6 is 11.3 Å². The lowest BCUT2D eigenvalue weighted by Gasteiger charge is -2.19. The van der Waals surface area contributed by atoms with Crippen molar-refractivity contribution in [3.8, 4) is 17.2 Å². The summed E-state index contributed by atoms with van der Waals surface area (Å²) < 4.78 is 17.4. The second-order valence-corrected chi connectivity index (χ2v) is 7.50. The molecule has 0 aliphatic heterocycles. The Hall–Kier alpha value is -2.93. The van der Waals surface area contributed by atoms with Gasteiger partial charge >= 0.3 is 6.03 Å². The fraction of sp³-hybridized carbons (Fsp3) is 0.318. The molecule has 2 amide bonds. The number of nitrogens with one attached hydrogen (secondary N) is 2. The Balaban J connectivity index is 1.59. The minimum Gasteiger partial charge on any atom is -0.493 e. The first-order chi connectivity index (χ1) is 14.1. The van der Waals surface area contributed by atoms with Gasteiger partial charge in [0.1, 0.15) is 0 Å². The lowest BCUT2D eigenvalue weighted by molar-refractivity contribution is 0.238. The van der Waals surface area contributed by atoms with E-state index in [1.807, 2.05) is 31.2 Å². The smallest absolute Gasteiger partial charge is 0.315 e. The summed E-state index contributed by atoms with van der Waals surface area (Å²) in [5.74, 6) is 1.64. The van der Waals surface area contributed by atoms with Crippen LogP contribution in [-0.2, 0) is 6.42 Å². The first kappa shape index (κ1) is 20.8. The molecule has 0 radical (unpaired) electrons. The minimum absolute atomic E-state index is 0.217. The number of methoxy groups -OCH3 is 3. The third kappa shape index (κ3) is 4.74. The van der Waals surface area contributed by atoms with Crippen molar-refractivity contribution >= 4 is 27.5 Å². The third-order valence-corrected chi connectivity index (χ3v) is 5.79. The van der Waals surface area contributed by atoms with Crippen molar-refractivity contribution < 1.29 is 19.0 Å². The highest BCUT2D eigenvalue weighted by atomic mass is 32.1. The average Bonchev–Trinajstić information content (AvgIpc) is 3.15. The molecular formula is C22H26N2O4S. The Kier molecular flexibility index (Phi) is 6.82. The number of carbonyl (C=O) groups is 1. The lowest BCUT2D eigenvalue weighted by Crippen LogP contribution is -2.38. The molecule has 3 rings (SSSR count). The van der Waals surface area contributed by atoms with Crippen molar-refractivity contribution in [2.75, 3.05) is 27.9 Å². The Morgan fingerprint density at radius 3 is 2.41 bits per heavy atom. The Morgan fingerprint density at radius 1 is 1.07 bits per heavy atom. The van der Waals surface area contributed by atoms with Gasteiger partial charge in [0.2, 0.25) is 5.75 Å². The molecular weight excluding hydrogens is 388 g/mol. The van der Waals surface area contributed by atoms with Crippen LogP contribution in [0.5, 0.6) is 17.2 Å². The zero-order chi connectivity index (χ0) is 20.8. The average molecular weight is 415 g/mol. The van der Waals surface area contributed by atoms with Crippen molar-refractivity contribution in [1.82, 2.24) is 10.6 Å². The molecule has 1 heterocycles. The molecule has 7 heteroatoms. The van der Waals surface area contributed by atoms with Gasteiger partial charge in [0, 0.05) is 11.2 Å². The summed E-state index contributed by atoms with van der Waals surface area (Å²) in [4.78, 5) is 12.3. The van der Waals surface area contributed by atoms with E-state index in [4.69, 9.17) is 14.2 Å². The lowest BCUT2D eigenvalue weighted by atomic mass is 10.1. The summed E-state index contributed by atoms with van der Waals surface area (Å²) in [5.41, 5.74) is 2.11. The number of thiophene rings is 1. The molecule has 1 aromatic heterocycles. The van der Waals surface area contributed by atoms with Gasteiger partial charge in [-0.1, -0.05) is 18.2 Å². The number of fused-ring (bicyclic) bond motifs is 1. The molecule has 1 unspecified atom stereocenters. The van der Waals surface area contributed by atoms with E-state index in [0.29, 0.717) is 23.8 Å². The van der Waals surface area contributed by atoms with Gasteiger partial charge in [0.15, 0.2) is 11.5 Å². The van der Waals surface area contributed by atoms with Gasteiger partial charge < -0.3 is 24.8 Å². The zero-order valence-corrected chi connectivity index (χ0v) is 17.9. The van der Waals surface area contributed by atoms with Gasteiger partial charge in [-0.05, 0) is 53.4 Å². The van der Waals surface area contributed by atoms with Crippen molar-refractivity contribution in [3.63, 3.8) is 0 Å². The second-order valence-electron chi connectivity index (χ2n) is 6.59. The van der Waals surface area contributed by atoms with Crippen LogP contribution in [0.3, 0.4) is 0 Å². The maximum atomic E-state index is 12.3. The van der Waals surface area contributed by atoms with Crippen molar-refractivity contribution in [2.24, 2.45) is 0 Å². The fourth-order valence-corrected chi connectivity index (χ4v) is 4.22. The molecule has 0 aliphatic carbocycles. The van der Waals surface area contributed by atoms with Crippen LogP contribution in [0.4, 0.5) is 4.79 Å². The molecule has 0 spiro atoms. The van der Waals surface area contributed by atoms with E-state index < -0.39 is 0 Å². The molecule has 0 bridgehead atoms. The SMILES string of the molecule is COc1cc(C(C)NC(=O)NCCc2csc3ccccc23)cc(OC)c1OC. The predicted molar refractivity (Wildman–Crippen MR) is 117 cm³/mol. The maximum Gasteiger partial charge on any atom is 0.315 e. The number of hydrogen-bond donors (Lipinski definition) is 2. The number of ether oxygens (including phenoxy) is 3. The highest BCUT2D eigenvalue weighted by Crippen LogP contribution is 2.39. The summed E-state index contributed by atoms with van der Waals surface area (Å²) in [6, 6.07) is 11.5. The number of benzene rings is 2. The number of urea groups is 1. The summed E-state index contributed by atoms with van der Waals surface area (Å²) in [5, 5.41) is 9.30. The maximum absolute atomic E-state index is 12.3. The van der Waals surface area contributed by atoms with Crippen LogP contribution in [0.1, 0.15) is 24.1 Å². The number of hydrogen-bond acceptors (Lipinski definition) is 5. The second kappa shape index (κ2) is 9.52. The predicted octanol–water partition coefficient (Wildman–Crippen LogP) is 4.53. The van der Waals surface area contributed by atoms with E-state index in [1.165, 1.54) is 15.6 Å². The molecule has 2 N–H and O–H groups in total. The first-order valence-electron chi connectivity index (χ1n) is 9.36. The fourth-order valence-electron chi connectivity index (χ4n) is 3.22. The van der Waals surface area contributed by atoms with E-state index in [2.05, 4.69) is 28.1 Å². The minimum atomic E-state index is -0.231. The molecule has 6 nitrogen and oxygen atoms in total. The number of carbonyl (C=O) groups excluding carboxylic acids is 1. The van der Waals surface area contributed by atoms with Crippen LogP contribution in [0.15, 0.2) is 41.8 Å². The largest absolute Gasteiger partial charge is 0.493 e. The topological polar surface area (TPSA) is 68.8 Å². The standard InChI is InChI=1S/C22H26N2O4S/c1-14(16-11-18(26-2)21(28-4)19(12-16)27-3)24-22(25)23-10-9-15-13-29-20-8-6-5-7-17(15)20/h5-8,11-14H,9-10H2,1-4H3,(H2,23,24,25). The van der Waals surface area contributed by atoms with Crippen molar-refractivity contribution in [3.05, 3.63) is 52.9 Å². The van der Waals surface area contributed by atoms with E-state index in [9.17, 15) is 4.79 Å². The van der Waals surface area contributed by atoms with E-state index in [-0.39, 0.29) is 12.1 Å². The van der Waals surface area contributed by atoms with Gasteiger partial charge in [0.25, 0.3) is 0 Å². The monoisotopic (exact) mass is 414 g/mol. The zero-order valence-electron chi connectivity index (χ0n) is 17.1. The van der Waals surface area contributed by atoms with Gasteiger partial charge in [-0.3, -0.25) is 0 Å². The van der Waals surface area contributed by atoms with Gasteiger partial charge in [-0.2, -0.15) is 0 Å². The molecule has 3 aromatic rings. The quantitative estimate of drug-likeness (QED) is 0.568. The van der Waals surface area contributed by atoms with Gasteiger partial charge in [0.05, 0.1) is 27.4 Å². The molecule has 1 atom stereocenters. The molecule has 0 fully saturated rings. The third-order valence-electron chi connectivity index (χ3n) is 4.78. The van der Waals surface area contributed by atoms with Gasteiger partial charge in [-0.25, -0.2) is 4.79 Å². The Bertz CT molecular complexity index is 961. The molecule has 0 saturated carbocycles. The van der Waals surface area contributed by atoms with Crippen LogP contribution in [0, 0.1) is 0 Å². The normalized spacial score (nSPS) is 11.7. The molecule has 2 aromatic carbocycles. The van der Waals surface area contributed by atoms with Crippen molar-refractivity contribution in [2.45, 2.75) is 19.4 Å². The summed E-state index contributed by atoms with van der Waals surface area (Å²) in [6.07, 6.45) is 0.788. The Morgan fingerprint density at radius 2 is 1.76 bits per heavy atom. The van der Waals surface area contributed by atoms with Crippen LogP contribution in [0.25, 0.3) is 10.1 Å². The number of rotatable bonds is 8.